The van der Waals surface area contributed by atoms with Crippen LogP contribution in [0.15, 0.2) is 42.5 Å². The second kappa shape index (κ2) is 6.39. The molecule has 0 heterocycles. The van der Waals surface area contributed by atoms with Crippen LogP contribution in [-0.2, 0) is 26.2 Å². The average molecular weight is 315 g/mol. The Balaban J connectivity index is 0.000000963. The topological polar surface area (TPSA) is 0 Å². The molecule has 1 heteroatoms. The first-order chi connectivity index (χ1) is 7.24. The smallest absolute Gasteiger partial charge is 0.358 e. The molecular formula is C17H19Zr. The quantitative estimate of drug-likeness (QED) is 0.499. The van der Waals surface area contributed by atoms with Crippen LogP contribution >= 0.6 is 0 Å². The van der Waals surface area contributed by atoms with Crippen molar-refractivity contribution in [1.29, 1.82) is 0 Å². The molecule has 3 aromatic rings. The van der Waals surface area contributed by atoms with Crippen LogP contribution in [0, 0.1) is 28.7 Å². The van der Waals surface area contributed by atoms with Gasteiger partial charge >= 0.3 is 26.2 Å². The first-order valence-corrected chi connectivity index (χ1v) is 5.30. The molecule has 0 bridgehead atoms. The molecule has 91 valence electrons. The second-order valence-corrected chi connectivity index (χ2v) is 4.33. The maximum absolute atomic E-state index is 2.28. The number of fused-ring (bicyclic) bond motifs is 3. The largest absolute Gasteiger partial charge is 3.00 e. The fourth-order valence-corrected chi connectivity index (χ4v) is 2.26. The Morgan fingerprint density at radius 1 is 0.722 bits per heavy atom. The van der Waals surface area contributed by atoms with Crippen molar-refractivity contribution in [3.8, 4) is 0 Å². The molecule has 0 saturated carbocycles. The number of hydrogen-bond acceptors (Lipinski definition) is 0. The van der Waals surface area contributed by atoms with Gasteiger partial charge in [-0.1, -0.05) is 35.4 Å². The maximum Gasteiger partial charge on any atom is 3.00 e. The summed E-state index contributed by atoms with van der Waals surface area (Å²) >= 11 is 0. The van der Waals surface area contributed by atoms with Crippen LogP contribution in [0.5, 0.6) is 0 Å². The summed E-state index contributed by atoms with van der Waals surface area (Å²) < 4.78 is 0. The summed E-state index contributed by atoms with van der Waals surface area (Å²) in [5, 5.41) is 5.46. The summed E-state index contributed by atoms with van der Waals surface area (Å²) in [7, 11) is 0. The monoisotopic (exact) mass is 313 g/mol. The molecule has 1 radical (unpaired) electrons. The fourth-order valence-electron chi connectivity index (χ4n) is 2.26. The van der Waals surface area contributed by atoms with Crippen molar-refractivity contribution in [2.24, 2.45) is 0 Å². The first kappa shape index (κ1) is 17.2. The molecule has 0 aliphatic carbocycles. The second-order valence-electron chi connectivity index (χ2n) is 4.33. The molecule has 0 fully saturated rings. The summed E-state index contributed by atoms with van der Waals surface area (Å²) in [5.74, 6) is 0. The summed E-state index contributed by atoms with van der Waals surface area (Å²) in [6, 6.07) is 15.6. The van der Waals surface area contributed by atoms with Crippen LogP contribution < -0.4 is 0 Å². The number of benzene rings is 2. The minimum absolute atomic E-state index is 0. The van der Waals surface area contributed by atoms with Gasteiger partial charge in [-0.05, 0) is 13.8 Å². The van der Waals surface area contributed by atoms with Gasteiger partial charge in [0.25, 0.3) is 0 Å². The zero-order chi connectivity index (χ0) is 10.4. The molecule has 0 saturated heterocycles. The predicted octanol–water partition coefficient (Wildman–Crippen LogP) is 5.23. The third kappa shape index (κ3) is 2.78. The van der Waals surface area contributed by atoms with E-state index in [4.69, 9.17) is 0 Å². The molecule has 3 rings (SSSR count). The van der Waals surface area contributed by atoms with Crippen LogP contribution in [0.2, 0.25) is 0 Å². The van der Waals surface area contributed by atoms with E-state index in [1.165, 1.54) is 32.7 Å². The van der Waals surface area contributed by atoms with Crippen molar-refractivity contribution >= 4 is 21.5 Å². The van der Waals surface area contributed by atoms with Crippen molar-refractivity contribution in [2.75, 3.05) is 0 Å². The zero-order valence-electron chi connectivity index (χ0n) is 11.5. The Labute approximate surface area is 130 Å². The van der Waals surface area contributed by atoms with E-state index in [1.807, 2.05) is 0 Å². The van der Waals surface area contributed by atoms with E-state index in [1.54, 1.807) is 0 Å². The van der Waals surface area contributed by atoms with Crippen LogP contribution in [-0.4, -0.2) is 0 Å². The van der Waals surface area contributed by atoms with Gasteiger partial charge in [-0.2, -0.15) is 0 Å². The maximum atomic E-state index is 2.28. The number of hydrogen-bond donors (Lipinski definition) is 0. The van der Waals surface area contributed by atoms with Gasteiger partial charge in [0, 0.05) is 0 Å². The van der Waals surface area contributed by atoms with Gasteiger partial charge in [-0.15, -0.1) is 39.7 Å². The molecule has 0 aliphatic heterocycles. The molecule has 18 heavy (non-hydrogen) atoms. The van der Waals surface area contributed by atoms with Gasteiger partial charge < -0.3 is 14.9 Å². The van der Waals surface area contributed by atoms with Crippen LogP contribution in [0.4, 0.5) is 0 Å². The molecule has 0 atom stereocenters. The third-order valence-corrected chi connectivity index (χ3v) is 3.02. The van der Waals surface area contributed by atoms with Crippen molar-refractivity contribution in [2.45, 2.75) is 13.8 Å². The van der Waals surface area contributed by atoms with E-state index in [-0.39, 0.29) is 41.1 Å². The standard InChI is InChI=1S/C15H13.2CH3.Zr/c1-10-3-5-14-12(7-10)9-13-8-11(2)4-6-15(13)14;;;/h3-9H,1-2H3;2*1H3;/q3*-1;+3. The molecule has 0 unspecified atom stereocenters. The average Bonchev–Trinajstić information content (AvgIpc) is 2.53. The van der Waals surface area contributed by atoms with E-state index < -0.39 is 0 Å². The Kier molecular flexibility index (Phi) is 6.10. The summed E-state index contributed by atoms with van der Waals surface area (Å²) in [5.41, 5.74) is 2.66. The van der Waals surface area contributed by atoms with E-state index in [0.717, 1.165) is 0 Å². The molecule has 0 nitrogen and oxygen atoms in total. The molecule has 0 N–H and O–H groups in total. The summed E-state index contributed by atoms with van der Waals surface area (Å²) in [6.07, 6.45) is 0. The minimum Gasteiger partial charge on any atom is -0.358 e. The Bertz CT molecular complexity index is 591. The normalized spacial score (nSPS) is 9.44. The third-order valence-electron chi connectivity index (χ3n) is 3.02. The van der Waals surface area contributed by atoms with Gasteiger partial charge in [0.05, 0.1) is 0 Å². The van der Waals surface area contributed by atoms with Gasteiger partial charge in [0.15, 0.2) is 0 Å². The fraction of sp³-hybridized carbons (Fsp3) is 0.118. The van der Waals surface area contributed by atoms with Gasteiger partial charge in [-0.3, -0.25) is 0 Å². The Morgan fingerprint density at radius 3 is 1.50 bits per heavy atom. The van der Waals surface area contributed by atoms with E-state index >= 15 is 0 Å². The zero-order valence-corrected chi connectivity index (χ0v) is 14.0. The van der Waals surface area contributed by atoms with Crippen LogP contribution in [0.3, 0.4) is 0 Å². The molecule has 0 aromatic heterocycles. The van der Waals surface area contributed by atoms with Crippen molar-refractivity contribution in [1.82, 2.24) is 0 Å². The molecule has 0 spiro atoms. The molecular weight excluding hydrogens is 295 g/mol. The van der Waals surface area contributed by atoms with Crippen molar-refractivity contribution in [3.05, 3.63) is 68.4 Å². The molecule has 0 amide bonds. The van der Waals surface area contributed by atoms with Crippen LogP contribution in [0.1, 0.15) is 11.1 Å². The first-order valence-electron chi connectivity index (χ1n) is 5.30. The predicted molar refractivity (Wildman–Crippen MR) is 79.3 cm³/mol. The molecule has 3 aromatic carbocycles. The van der Waals surface area contributed by atoms with Crippen molar-refractivity contribution in [3.63, 3.8) is 0 Å². The van der Waals surface area contributed by atoms with Gasteiger partial charge in [-0.25, -0.2) is 0 Å². The van der Waals surface area contributed by atoms with Crippen LogP contribution in [0.25, 0.3) is 21.5 Å². The van der Waals surface area contributed by atoms with Crippen molar-refractivity contribution < 1.29 is 26.2 Å². The summed E-state index contributed by atoms with van der Waals surface area (Å²) in [4.78, 5) is 0. The van der Waals surface area contributed by atoms with Gasteiger partial charge in [0.1, 0.15) is 0 Å². The van der Waals surface area contributed by atoms with Gasteiger partial charge in [0.2, 0.25) is 0 Å². The number of aryl methyl sites for hydroxylation is 2. The summed E-state index contributed by atoms with van der Waals surface area (Å²) in [6.45, 7) is 4.28. The Morgan fingerprint density at radius 2 is 1.11 bits per heavy atom. The van der Waals surface area contributed by atoms with E-state index in [9.17, 15) is 0 Å². The molecule has 0 aliphatic rings. The van der Waals surface area contributed by atoms with E-state index in [0.29, 0.717) is 0 Å². The van der Waals surface area contributed by atoms with E-state index in [2.05, 4.69) is 56.3 Å². The SMILES string of the molecule is Cc1ccc2c(c1)[cH-]c1cc(C)ccc12.[CH3-].[CH3-].[Zr+3]. The number of rotatable bonds is 0. The minimum atomic E-state index is 0. The Hall–Kier alpha value is -0.807.